The predicted octanol–water partition coefficient (Wildman–Crippen LogP) is 4.83. The van der Waals surface area contributed by atoms with Crippen LogP contribution in [-0.4, -0.2) is 16.1 Å². The van der Waals surface area contributed by atoms with E-state index < -0.39 is 10.3 Å². The zero-order valence-electron chi connectivity index (χ0n) is 9.84. The smallest absolute Gasteiger partial charge is 0.293 e. The van der Waals surface area contributed by atoms with E-state index in [-0.39, 0.29) is 22.4 Å². The number of halogens is 4. The molecule has 0 bridgehead atoms. The molecule has 0 aliphatic heterocycles. The first-order valence-electron chi connectivity index (χ1n) is 5.31. The molecule has 1 atom stereocenters. The number of hydrogen-bond donors (Lipinski definition) is 0. The minimum Gasteiger partial charge on any atom is -0.293 e. The number of aryl methyl sites for hydroxylation is 1. The van der Waals surface area contributed by atoms with Crippen LogP contribution in [0.1, 0.15) is 29.8 Å². The van der Waals surface area contributed by atoms with Gasteiger partial charge >= 0.3 is 5.51 Å². The molecule has 100 valence electrons. The number of ketones is 1. The molecule has 0 N–H and O–H groups in total. The number of hydrogen-bond acceptors (Lipinski definition) is 2. The van der Waals surface area contributed by atoms with Gasteiger partial charge < -0.3 is 0 Å². The van der Waals surface area contributed by atoms with Gasteiger partial charge in [0.15, 0.2) is 5.78 Å². The van der Waals surface area contributed by atoms with Crippen LogP contribution in [0.2, 0.25) is 0 Å². The van der Waals surface area contributed by atoms with Crippen LogP contribution in [0.15, 0.2) is 23.1 Å². The van der Waals surface area contributed by atoms with E-state index in [9.17, 15) is 18.0 Å². The number of carbonyl (C=O) groups is 1. The van der Waals surface area contributed by atoms with Gasteiger partial charge in [0.1, 0.15) is 0 Å². The van der Waals surface area contributed by atoms with Crippen LogP contribution in [0, 0.1) is 0 Å². The lowest BCUT2D eigenvalue weighted by molar-refractivity contribution is -0.0328. The van der Waals surface area contributed by atoms with Crippen LogP contribution in [-0.2, 0) is 6.42 Å². The van der Waals surface area contributed by atoms with Gasteiger partial charge in [-0.2, -0.15) is 13.2 Å². The molecular formula is C12H12BrF3OS. The Morgan fingerprint density at radius 1 is 1.39 bits per heavy atom. The quantitative estimate of drug-likeness (QED) is 0.443. The number of thioether (sulfide) groups is 1. The molecule has 0 fully saturated rings. The van der Waals surface area contributed by atoms with E-state index in [1.807, 2.05) is 6.92 Å². The van der Waals surface area contributed by atoms with Crippen molar-refractivity contribution in [1.29, 1.82) is 0 Å². The Hall–Kier alpha value is -0.490. The molecule has 0 aliphatic rings. The van der Waals surface area contributed by atoms with Gasteiger partial charge in [-0.25, -0.2) is 0 Å². The molecule has 1 aromatic carbocycles. The molecule has 0 heterocycles. The first kappa shape index (κ1) is 15.6. The number of Topliss-reactive ketones (excluding diaryl/α,β-unsaturated/α-hetero) is 1. The Bertz CT molecular complexity index is 443. The van der Waals surface area contributed by atoms with Crippen molar-refractivity contribution < 1.29 is 18.0 Å². The van der Waals surface area contributed by atoms with Crippen molar-refractivity contribution in [2.45, 2.75) is 35.5 Å². The first-order valence-corrected chi connectivity index (χ1v) is 7.04. The lowest BCUT2D eigenvalue weighted by Crippen LogP contribution is -2.11. The zero-order chi connectivity index (χ0) is 13.9. The standard InChI is InChI=1S/C12H12BrF3OS/c1-3-8-4-9(11(17)7(2)13)6-10(5-8)18-12(14,15)16/h4-7H,3H2,1-2H3. The van der Waals surface area contributed by atoms with Gasteiger partial charge in [-0.05, 0) is 48.9 Å². The predicted molar refractivity (Wildman–Crippen MR) is 70.5 cm³/mol. The molecule has 1 nitrogen and oxygen atoms in total. The van der Waals surface area contributed by atoms with Crippen molar-refractivity contribution in [2.75, 3.05) is 0 Å². The monoisotopic (exact) mass is 340 g/mol. The van der Waals surface area contributed by atoms with Crippen molar-refractivity contribution in [1.82, 2.24) is 0 Å². The molecule has 0 saturated carbocycles. The lowest BCUT2D eigenvalue weighted by Gasteiger charge is -2.10. The summed E-state index contributed by atoms with van der Waals surface area (Å²) in [7, 11) is 0. The van der Waals surface area contributed by atoms with Gasteiger partial charge in [0, 0.05) is 10.5 Å². The molecule has 0 aliphatic carbocycles. The van der Waals surface area contributed by atoms with E-state index in [0.717, 1.165) is 5.56 Å². The fourth-order valence-electron chi connectivity index (χ4n) is 1.43. The molecule has 1 unspecified atom stereocenters. The summed E-state index contributed by atoms with van der Waals surface area (Å²) in [4.78, 5) is 11.4. The summed E-state index contributed by atoms with van der Waals surface area (Å²) < 4.78 is 37.0. The summed E-state index contributed by atoms with van der Waals surface area (Å²) in [6.45, 7) is 3.49. The van der Waals surface area contributed by atoms with Gasteiger partial charge in [0.25, 0.3) is 0 Å². The molecule has 18 heavy (non-hydrogen) atoms. The van der Waals surface area contributed by atoms with Gasteiger partial charge in [0.05, 0.1) is 4.83 Å². The summed E-state index contributed by atoms with van der Waals surface area (Å²) >= 11 is 2.94. The van der Waals surface area contributed by atoms with E-state index in [1.54, 1.807) is 13.0 Å². The van der Waals surface area contributed by atoms with Crippen LogP contribution in [0.4, 0.5) is 13.2 Å². The maximum absolute atomic E-state index is 12.3. The van der Waals surface area contributed by atoms with Crippen LogP contribution in [0.5, 0.6) is 0 Å². The van der Waals surface area contributed by atoms with Crippen LogP contribution in [0.3, 0.4) is 0 Å². The zero-order valence-corrected chi connectivity index (χ0v) is 12.2. The maximum atomic E-state index is 12.3. The second kappa shape index (κ2) is 6.10. The van der Waals surface area contributed by atoms with Crippen molar-refractivity contribution in [2.24, 2.45) is 0 Å². The third kappa shape index (κ3) is 4.65. The van der Waals surface area contributed by atoms with Crippen LogP contribution < -0.4 is 0 Å². The molecular weight excluding hydrogens is 329 g/mol. The van der Waals surface area contributed by atoms with Gasteiger partial charge in [-0.1, -0.05) is 22.9 Å². The molecule has 0 spiro atoms. The average molecular weight is 341 g/mol. The molecule has 1 aromatic rings. The van der Waals surface area contributed by atoms with E-state index >= 15 is 0 Å². The highest BCUT2D eigenvalue weighted by atomic mass is 79.9. The third-order valence-corrected chi connectivity index (χ3v) is 3.37. The first-order chi connectivity index (χ1) is 8.23. The fraction of sp³-hybridized carbons (Fsp3) is 0.417. The van der Waals surface area contributed by atoms with Crippen molar-refractivity contribution in [3.05, 3.63) is 29.3 Å². The van der Waals surface area contributed by atoms with Gasteiger partial charge in [0.2, 0.25) is 0 Å². The highest BCUT2D eigenvalue weighted by Gasteiger charge is 2.29. The summed E-state index contributed by atoms with van der Waals surface area (Å²) in [6.07, 6.45) is 0.587. The number of benzene rings is 1. The Kier molecular flexibility index (Phi) is 5.28. The minimum atomic E-state index is -4.34. The van der Waals surface area contributed by atoms with E-state index in [1.165, 1.54) is 12.1 Å². The SMILES string of the molecule is CCc1cc(SC(F)(F)F)cc(C(=O)C(C)Br)c1. The molecule has 6 heteroatoms. The Labute approximate surface area is 116 Å². The summed E-state index contributed by atoms with van der Waals surface area (Å²) in [5, 5.41) is 0. The Balaban J connectivity index is 3.13. The molecule has 0 saturated heterocycles. The van der Waals surface area contributed by atoms with Crippen molar-refractivity contribution >= 4 is 33.5 Å². The summed E-state index contributed by atoms with van der Waals surface area (Å²) in [6, 6.07) is 4.39. The number of alkyl halides is 4. The van der Waals surface area contributed by atoms with Crippen LogP contribution >= 0.6 is 27.7 Å². The lowest BCUT2D eigenvalue weighted by atomic mass is 10.0. The second-order valence-electron chi connectivity index (χ2n) is 3.75. The molecule has 0 aromatic heterocycles. The number of rotatable bonds is 4. The largest absolute Gasteiger partial charge is 0.446 e. The average Bonchev–Trinajstić information content (AvgIpc) is 2.24. The minimum absolute atomic E-state index is 0.0540. The second-order valence-corrected chi connectivity index (χ2v) is 6.26. The maximum Gasteiger partial charge on any atom is 0.446 e. The van der Waals surface area contributed by atoms with E-state index in [4.69, 9.17) is 0 Å². The van der Waals surface area contributed by atoms with Gasteiger partial charge in [-0.15, -0.1) is 0 Å². The third-order valence-electron chi connectivity index (χ3n) is 2.25. The molecule has 0 amide bonds. The van der Waals surface area contributed by atoms with Gasteiger partial charge in [-0.3, -0.25) is 4.79 Å². The topological polar surface area (TPSA) is 17.1 Å². The Morgan fingerprint density at radius 3 is 2.44 bits per heavy atom. The summed E-state index contributed by atoms with van der Waals surface area (Å²) in [5.41, 5.74) is -3.31. The highest BCUT2D eigenvalue weighted by Crippen LogP contribution is 2.37. The Morgan fingerprint density at radius 2 is 2.00 bits per heavy atom. The van der Waals surface area contributed by atoms with Crippen LogP contribution in [0.25, 0.3) is 0 Å². The molecule has 1 rings (SSSR count). The van der Waals surface area contributed by atoms with E-state index in [2.05, 4.69) is 15.9 Å². The number of carbonyl (C=O) groups excluding carboxylic acids is 1. The van der Waals surface area contributed by atoms with Crippen molar-refractivity contribution in [3.8, 4) is 0 Å². The normalized spacial score (nSPS) is 13.4. The fourth-order valence-corrected chi connectivity index (χ4v) is 2.36. The highest BCUT2D eigenvalue weighted by molar-refractivity contribution is 9.10. The van der Waals surface area contributed by atoms with Crippen molar-refractivity contribution in [3.63, 3.8) is 0 Å². The molecule has 0 radical (unpaired) electrons. The summed E-state index contributed by atoms with van der Waals surface area (Å²) in [5.74, 6) is -0.214. The van der Waals surface area contributed by atoms with E-state index in [0.29, 0.717) is 12.0 Å².